The molecule has 1 fully saturated rings. The summed E-state index contributed by atoms with van der Waals surface area (Å²) in [7, 11) is 1.59. The average Bonchev–Trinajstić information content (AvgIpc) is 2.82. The van der Waals surface area contributed by atoms with Crippen molar-refractivity contribution < 1.29 is 9.47 Å². The van der Waals surface area contributed by atoms with Gasteiger partial charge in [-0.3, -0.25) is 0 Å². The van der Waals surface area contributed by atoms with Crippen LogP contribution in [0.5, 0.6) is 11.8 Å². The lowest BCUT2D eigenvalue weighted by atomic mass is 9.95. The third kappa shape index (κ3) is 4.64. The second kappa shape index (κ2) is 8.63. The van der Waals surface area contributed by atoms with Crippen LogP contribution in [0.1, 0.15) is 39.2 Å². The highest BCUT2D eigenvalue weighted by molar-refractivity contribution is 5.78. The monoisotopic (exact) mass is 445 g/mol. The van der Waals surface area contributed by atoms with Crippen molar-refractivity contribution in [3.63, 3.8) is 0 Å². The molecule has 1 aromatic carbocycles. The molecule has 1 saturated heterocycles. The molecule has 33 heavy (non-hydrogen) atoms. The van der Waals surface area contributed by atoms with Gasteiger partial charge in [0.1, 0.15) is 12.4 Å². The van der Waals surface area contributed by atoms with Crippen LogP contribution in [0.25, 0.3) is 22.3 Å². The van der Waals surface area contributed by atoms with Crippen LogP contribution < -0.4 is 19.7 Å². The lowest BCUT2D eigenvalue weighted by molar-refractivity contribution is 0.289. The number of nitrogens with one attached hydrogen (secondary N) is 1. The van der Waals surface area contributed by atoms with Gasteiger partial charge in [0, 0.05) is 41.9 Å². The van der Waals surface area contributed by atoms with Gasteiger partial charge in [-0.25, -0.2) is 0 Å². The molecule has 2 aliphatic heterocycles. The minimum Gasteiger partial charge on any atom is -0.480 e. The van der Waals surface area contributed by atoms with Gasteiger partial charge in [-0.15, -0.1) is 5.10 Å². The Bertz CT molecular complexity index is 1150. The van der Waals surface area contributed by atoms with Gasteiger partial charge < -0.3 is 19.7 Å². The summed E-state index contributed by atoms with van der Waals surface area (Å²) in [6, 6.07) is 13.1. The summed E-state index contributed by atoms with van der Waals surface area (Å²) >= 11 is 0. The maximum Gasteiger partial charge on any atom is 0.233 e. The normalized spacial score (nSPS) is 16.1. The SMILES string of the molecule is COc1cc(-c2ccc3c(c2)COc2nc(N4CCC(NC(C)(C)C)CC4)ccc2-3)cnn1. The highest BCUT2D eigenvalue weighted by Gasteiger charge is 2.25. The molecule has 0 amide bonds. The molecule has 2 aromatic heterocycles. The standard InChI is InChI=1S/C26H31N5O2/c1-26(2,3)29-20-9-11-31(12-10-20)23-8-7-22-21-6-5-17(13-19(21)16-33-25(22)28-23)18-14-24(32-4)30-27-15-18/h5-8,13-15,20,29H,9-12,16H2,1-4H3. The fourth-order valence-electron chi connectivity index (χ4n) is 4.69. The van der Waals surface area contributed by atoms with E-state index in [-0.39, 0.29) is 5.54 Å². The summed E-state index contributed by atoms with van der Waals surface area (Å²) in [4.78, 5) is 7.26. The van der Waals surface area contributed by atoms with Gasteiger partial charge in [0.05, 0.1) is 13.3 Å². The van der Waals surface area contributed by atoms with Crippen molar-refractivity contribution in [1.29, 1.82) is 0 Å². The number of aromatic nitrogens is 3. The van der Waals surface area contributed by atoms with Gasteiger partial charge in [-0.05, 0) is 68.5 Å². The fraction of sp³-hybridized carbons (Fsp3) is 0.423. The van der Waals surface area contributed by atoms with Crippen LogP contribution in [0.4, 0.5) is 5.82 Å². The van der Waals surface area contributed by atoms with Crippen LogP contribution in [0.15, 0.2) is 42.6 Å². The minimum atomic E-state index is 0.151. The maximum absolute atomic E-state index is 6.10. The number of hydrogen-bond donors (Lipinski definition) is 1. The van der Waals surface area contributed by atoms with Gasteiger partial charge in [-0.2, -0.15) is 10.1 Å². The Balaban J connectivity index is 1.34. The zero-order chi connectivity index (χ0) is 23.0. The predicted molar refractivity (Wildman–Crippen MR) is 130 cm³/mol. The largest absolute Gasteiger partial charge is 0.480 e. The summed E-state index contributed by atoms with van der Waals surface area (Å²) in [5.41, 5.74) is 5.53. The first kappa shape index (κ1) is 21.6. The second-order valence-electron chi connectivity index (χ2n) is 9.83. The molecular formula is C26H31N5O2. The van der Waals surface area contributed by atoms with E-state index in [0.717, 1.165) is 59.9 Å². The molecule has 0 aliphatic carbocycles. The van der Waals surface area contributed by atoms with E-state index in [1.54, 1.807) is 13.3 Å². The molecule has 172 valence electrons. The van der Waals surface area contributed by atoms with E-state index < -0.39 is 0 Å². The van der Waals surface area contributed by atoms with E-state index in [4.69, 9.17) is 14.5 Å². The van der Waals surface area contributed by atoms with Crippen LogP contribution in [-0.4, -0.2) is 47.0 Å². The zero-order valence-electron chi connectivity index (χ0n) is 19.8. The Morgan fingerprint density at radius 1 is 1.03 bits per heavy atom. The number of methoxy groups -OCH3 is 1. The number of benzene rings is 1. The smallest absolute Gasteiger partial charge is 0.233 e. The fourth-order valence-corrected chi connectivity index (χ4v) is 4.69. The minimum absolute atomic E-state index is 0.151. The summed E-state index contributed by atoms with van der Waals surface area (Å²) in [6.45, 7) is 9.19. The first-order valence-electron chi connectivity index (χ1n) is 11.6. The van der Waals surface area contributed by atoms with Crippen molar-refractivity contribution in [2.45, 2.75) is 51.8 Å². The number of pyridine rings is 1. The van der Waals surface area contributed by atoms with E-state index in [9.17, 15) is 0 Å². The molecule has 1 N–H and O–H groups in total. The highest BCUT2D eigenvalue weighted by atomic mass is 16.5. The third-order valence-corrected chi connectivity index (χ3v) is 6.24. The Kier molecular flexibility index (Phi) is 5.66. The predicted octanol–water partition coefficient (Wildman–Crippen LogP) is 4.46. The highest BCUT2D eigenvalue weighted by Crippen LogP contribution is 2.39. The Morgan fingerprint density at radius 2 is 1.82 bits per heavy atom. The molecule has 4 heterocycles. The van der Waals surface area contributed by atoms with Crippen molar-refractivity contribution >= 4 is 5.82 Å². The van der Waals surface area contributed by atoms with Crippen LogP contribution in [0, 0.1) is 0 Å². The lowest BCUT2D eigenvalue weighted by Crippen LogP contribution is -2.49. The number of ether oxygens (including phenoxy) is 2. The molecule has 2 aliphatic rings. The van der Waals surface area contributed by atoms with Crippen LogP contribution in [0.2, 0.25) is 0 Å². The molecule has 0 saturated carbocycles. The zero-order valence-corrected chi connectivity index (χ0v) is 19.8. The van der Waals surface area contributed by atoms with Gasteiger partial charge in [0.25, 0.3) is 0 Å². The molecule has 3 aromatic rings. The quantitative estimate of drug-likeness (QED) is 0.635. The summed E-state index contributed by atoms with van der Waals surface area (Å²) in [6.07, 6.45) is 3.99. The lowest BCUT2D eigenvalue weighted by Gasteiger charge is -2.37. The van der Waals surface area contributed by atoms with Gasteiger partial charge in [-0.1, -0.05) is 12.1 Å². The van der Waals surface area contributed by atoms with E-state index in [2.05, 4.69) is 71.5 Å². The van der Waals surface area contributed by atoms with Gasteiger partial charge >= 0.3 is 0 Å². The van der Waals surface area contributed by atoms with E-state index in [0.29, 0.717) is 18.5 Å². The van der Waals surface area contributed by atoms with Crippen molar-refractivity contribution in [2.75, 3.05) is 25.1 Å². The van der Waals surface area contributed by atoms with E-state index >= 15 is 0 Å². The van der Waals surface area contributed by atoms with Crippen molar-refractivity contribution in [2.24, 2.45) is 0 Å². The molecule has 0 atom stereocenters. The van der Waals surface area contributed by atoms with Crippen molar-refractivity contribution in [3.8, 4) is 34.0 Å². The average molecular weight is 446 g/mol. The van der Waals surface area contributed by atoms with Crippen molar-refractivity contribution in [3.05, 3.63) is 48.2 Å². The van der Waals surface area contributed by atoms with Crippen LogP contribution in [0.3, 0.4) is 0 Å². The number of piperidine rings is 1. The first-order valence-corrected chi connectivity index (χ1v) is 11.6. The maximum atomic E-state index is 6.10. The van der Waals surface area contributed by atoms with Crippen molar-refractivity contribution in [1.82, 2.24) is 20.5 Å². The molecular weight excluding hydrogens is 414 g/mol. The summed E-state index contributed by atoms with van der Waals surface area (Å²) in [5, 5.41) is 11.7. The molecule has 0 bridgehead atoms. The number of anilines is 1. The number of rotatable bonds is 4. The molecule has 0 unspecified atom stereocenters. The molecule has 7 nitrogen and oxygen atoms in total. The van der Waals surface area contributed by atoms with Gasteiger partial charge in [0.15, 0.2) is 0 Å². The molecule has 5 rings (SSSR count). The second-order valence-corrected chi connectivity index (χ2v) is 9.83. The van der Waals surface area contributed by atoms with Crippen LogP contribution >= 0.6 is 0 Å². The van der Waals surface area contributed by atoms with Gasteiger partial charge in [0.2, 0.25) is 11.8 Å². The van der Waals surface area contributed by atoms with E-state index in [1.165, 1.54) is 5.56 Å². The Labute approximate surface area is 195 Å². The third-order valence-electron chi connectivity index (χ3n) is 6.24. The molecule has 0 radical (unpaired) electrons. The molecule has 0 spiro atoms. The van der Waals surface area contributed by atoms with E-state index in [1.807, 2.05) is 6.07 Å². The van der Waals surface area contributed by atoms with Crippen LogP contribution in [-0.2, 0) is 6.61 Å². The first-order chi connectivity index (χ1) is 15.9. The number of hydrogen-bond acceptors (Lipinski definition) is 7. The Morgan fingerprint density at radius 3 is 2.58 bits per heavy atom. The topological polar surface area (TPSA) is 72.4 Å². The number of fused-ring (bicyclic) bond motifs is 3. The summed E-state index contributed by atoms with van der Waals surface area (Å²) < 4.78 is 11.3. The summed E-state index contributed by atoms with van der Waals surface area (Å²) in [5.74, 6) is 2.22. The molecule has 7 heteroatoms. The number of nitrogens with zero attached hydrogens (tertiary/aromatic N) is 4. The Hall–Kier alpha value is -3.19.